The molecule has 1 atom stereocenters. The Morgan fingerprint density at radius 1 is 1.58 bits per heavy atom. The summed E-state index contributed by atoms with van der Waals surface area (Å²) in [6, 6.07) is 0. The van der Waals surface area contributed by atoms with Gasteiger partial charge in [-0.3, -0.25) is 0 Å². The van der Waals surface area contributed by atoms with Crippen LogP contribution in [-0.4, -0.2) is 24.4 Å². The molecule has 1 aliphatic rings. The Hall–Kier alpha value is -0.340. The van der Waals surface area contributed by atoms with E-state index in [0.29, 0.717) is 6.61 Å². The van der Waals surface area contributed by atoms with Gasteiger partial charge in [-0.05, 0) is 18.4 Å². The van der Waals surface area contributed by atoms with Crippen LogP contribution in [0.1, 0.15) is 34.1 Å². The topological polar surface area (TPSA) is 29.5 Å². The number of aliphatic hydroxyl groups is 1. The standard InChI is InChI=1S/C7H12O2.C2H6.CH4/c1-6-4-7(2-3-8)9-5-6;1-2;/h7-8H,1-5H2;1-2H3;1H4/t7-;;/m0../s1. The highest BCUT2D eigenvalue weighted by molar-refractivity contribution is 5.01. The van der Waals surface area contributed by atoms with Crippen LogP contribution in [0.15, 0.2) is 12.2 Å². The number of rotatable bonds is 2. The molecule has 1 saturated heterocycles. The van der Waals surface area contributed by atoms with Crippen LogP contribution in [0, 0.1) is 0 Å². The average Bonchev–Trinajstić information content (AvgIpc) is 2.41. The first-order valence-electron chi connectivity index (χ1n) is 4.22. The molecule has 0 aromatic rings. The zero-order valence-corrected chi connectivity index (χ0v) is 7.47. The fraction of sp³-hybridized carbons (Fsp3) is 0.800. The minimum atomic E-state index is 0. The fourth-order valence-electron chi connectivity index (χ4n) is 1.00. The van der Waals surface area contributed by atoms with Crippen molar-refractivity contribution in [2.24, 2.45) is 0 Å². The Bertz CT molecular complexity index is 110. The van der Waals surface area contributed by atoms with E-state index in [9.17, 15) is 0 Å². The van der Waals surface area contributed by atoms with Gasteiger partial charge in [0, 0.05) is 6.61 Å². The molecule has 1 N–H and O–H groups in total. The van der Waals surface area contributed by atoms with Crippen molar-refractivity contribution in [3.63, 3.8) is 0 Å². The molecule has 0 unspecified atom stereocenters. The predicted molar refractivity (Wildman–Crippen MR) is 53.3 cm³/mol. The van der Waals surface area contributed by atoms with E-state index < -0.39 is 0 Å². The van der Waals surface area contributed by atoms with E-state index in [1.165, 1.54) is 0 Å². The molecule has 0 saturated carbocycles. The van der Waals surface area contributed by atoms with Gasteiger partial charge in [-0.1, -0.05) is 27.9 Å². The maximum atomic E-state index is 8.50. The van der Waals surface area contributed by atoms with Crippen LogP contribution >= 0.6 is 0 Å². The van der Waals surface area contributed by atoms with E-state index in [1.54, 1.807) is 0 Å². The van der Waals surface area contributed by atoms with Crippen LogP contribution in [0.3, 0.4) is 0 Å². The molecule has 0 amide bonds. The summed E-state index contributed by atoms with van der Waals surface area (Å²) in [4.78, 5) is 0. The summed E-state index contributed by atoms with van der Waals surface area (Å²) in [5.41, 5.74) is 1.15. The highest BCUT2D eigenvalue weighted by atomic mass is 16.5. The number of hydrogen-bond donors (Lipinski definition) is 1. The second-order valence-corrected chi connectivity index (χ2v) is 2.40. The van der Waals surface area contributed by atoms with E-state index in [0.717, 1.165) is 18.4 Å². The van der Waals surface area contributed by atoms with Crippen LogP contribution in [-0.2, 0) is 4.74 Å². The van der Waals surface area contributed by atoms with Gasteiger partial charge in [-0.2, -0.15) is 0 Å². The van der Waals surface area contributed by atoms with Crippen molar-refractivity contribution in [3.05, 3.63) is 12.2 Å². The highest BCUT2D eigenvalue weighted by Gasteiger charge is 2.16. The second-order valence-electron chi connectivity index (χ2n) is 2.40. The van der Waals surface area contributed by atoms with E-state index in [-0.39, 0.29) is 20.1 Å². The second kappa shape index (κ2) is 8.75. The molecule has 1 rings (SSSR count). The van der Waals surface area contributed by atoms with Gasteiger partial charge in [0.05, 0.1) is 12.7 Å². The lowest BCUT2D eigenvalue weighted by Gasteiger charge is -2.03. The minimum Gasteiger partial charge on any atom is -0.396 e. The molecular formula is C10H22O2. The summed E-state index contributed by atoms with van der Waals surface area (Å²) in [6.07, 6.45) is 1.92. The Morgan fingerprint density at radius 2 is 2.17 bits per heavy atom. The lowest BCUT2D eigenvalue weighted by atomic mass is 10.1. The lowest BCUT2D eigenvalue weighted by Crippen LogP contribution is -2.06. The summed E-state index contributed by atoms with van der Waals surface area (Å²) in [5.74, 6) is 0. The van der Waals surface area contributed by atoms with Crippen LogP contribution in [0.4, 0.5) is 0 Å². The van der Waals surface area contributed by atoms with Gasteiger partial charge >= 0.3 is 0 Å². The first-order chi connectivity index (χ1) is 5.33. The molecule has 0 aromatic heterocycles. The molecule has 12 heavy (non-hydrogen) atoms. The van der Waals surface area contributed by atoms with Gasteiger partial charge in [0.25, 0.3) is 0 Å². The third kappa shape index (κ3) is 5.33. The van der Waals surface area contributed by atoms with E-state index in [4.69, 9.17) is 9.84 Å². The molecule has 1 heterocycles. The number of ether oxygens (including phenoxy) is 1. The maximum Gasteiger partial charge on any atom is 0.0679 e. The van der Waals surface area contributed by atoms with E-state index in [2.05, 4.69) is 6.58 Å². The maximum absolute atomic E-state index is 8.50. The molecule has 1 fully saturated rings. The third-order valence-corrected chi connectivity index (χ3v) is 1.49. The minimum absolute atomic E-state index is 0. The van der Waals surface area contributed by atoms with Gasteiger partial charge in [-0.25, -0.2) is 0 Å². The van der Waals surface area contributed by atoms with Crippen molar-refractivity contribution >= 4 is 0 Å². The monoisotopic (exact) mass is 174 g/mol. The van der Waals surface area contributed by atoms with Crippen molar-refractivity contribution in [1.29, 1.82) is 0 Å². The summed E-state index contributed by atoms with van der Waals surface area (Å²) in [5, 5.41) is 8.50. The van der Waals surface area contributed by atoms with E-state index in [1.807, 2.05) is 13.8 Å². The van der Waals surface area contributed by atoms with Crippen molar-refractivity contribution in [2.45, 2.75) is 40.2 Å². The Balaban J connectivity index is 0. The molecule has 0 bridgehead atoms. The molecule has 0 radical (unpaired) electrons. The first kappa shape index (κ1) is 14.2. The third-order valence-electron chi connectivity index (χ3n) is 1.49. The molecule has 0 aromatic carbocycles. The normalized spacial score (nSPS) is 20.9. The largest absolute Gasteiger partial charge is 0.396 e. The molecular weight excluding hydrogens is 152 g/mol. The smallest absolute Gasteiger partial charge is 0.0679 e. The highest BCUT2D eigenvalue weighted by Crippen LogP contribution is 2.18. The summed E-state index contributed by atoms with van der Waals surface area (Å²) in [7, 11) is 0. The van der Waals surface area contributed by atoms with Gasteiger partial charge in [0.1, 0.15) is 0 Å². The van der Waals surface area contributed by atoms with Gasteiger partial charge in [0.2, 0.25) is 0 Å². The van der Waals surface area contributed by atoms with E-state index >= 15 is 0 Å². The molecule has 0 aliphatic carbocycles. The van der Waals surface area contributed by atoms with Crippen LogP contribution in [0.2, 0.25) is 0 Å². The molecule has 1 aliphatic heterocycles. The summed E-state index contributed by atoms with van der Waals surface area (Å²) < 4.78 is 5.25. The molecule has 2 nitrogen and oxygen atoms in total. The lowest BCUT2D eigenvalue weighted by molar-refractivity contribution is 0.0886. The van der Waals surface area contributed by atoms with Crippen LogP contribution in [0.25, 0.3) is 0 Å². The van der Waals surface area contributed by atoms with Gasteiger partial charge in [-0.15, -0.1) is 0 Å². The SMILES string of the molecule is C.C=C1CO[C@@H](CCO)C1.CC. The van der Waals surface area contributed by atoms with Gasteiger partial charge < -0.3 is 9.84 Å². The quantitative estimate of drug-likeness (QED) is 0.651. The van der Waals surface area contributed by atoms with Crippen molar-refractivity contribution in [1.82, 2.24) is 0 Å². The number of aliphatic hydroxyl groups excluding tert-OH is 1. The van der Waals surface area contributed by atoms with Crippen molar-refractivity contribution in [3.8, 4) is 0 Å². The fourth-order valence-corrected chi connectivity index (χ4v) is 1.00. The zero-order valence-electron chi connectivity index (χ0n) is 7.47. The summed E-state index contributed by atoms with van der Waals surface area (Å²) in [6.45, 7) is 8.69. The first-order valence-corrected chi connectivity index (χ1v) is 4.22. The van der Waals surface area contributed by atoms with Crippen LogP contribution in [0.5, 0.6) is 0 Å². The number of hydrogen-bond acceptors (Lipinski definition) is 2. The van der Waals surface area contributed by atoms with Crippen molar-refractivity contribution in [2.75, 3.05) is 13.2 Å². The van der Waals surface area contributed by atoms with Crippen molar-refractivity contribution < 1.29 is 9.84 Å². The predicted octanol–water partition coefficient (Wildman–Crippen LogP) is 2.38. The average molecular weight is 174 g/mol. The Morgan fingerprint density at radius 3 is 2.50 bits per heavy atom. The Kier molecular flexibility index (Phi) is 10.4. The van der Waals surface area contributed by atoms with Crippen LogP contribution < -0.4 is 0 Å². The molecule has 74 valence electrons. The summed E-state index contributed by atoms with van der Waals surface area (Å²) >= 11 is 0. The molecule has 0 spiro atoms. The zero-order chi connectivity index (χ0) is 8.69. The van der Waals surface area contributed by atoms with Gasteiger partial charge in [0.15, 0.2) is 0 Å². The molecule has 2 heteroatoms. The Labute approximate surface area is 76.2 Å².